The van der Waals surface area contributed by atoms with Gasteiger partial charge in [-0.3, -0.25) is 0 Å². The van der Waals surface area contributed by atoms with Gasteiger partial charge < -0.3 is 0 Å². The van der Waals surface area contributed by atoms with Crippen LogP contribution >= 0.6 is 0 Å². The van der Waals surface area contributed by atoms with Crippen molar-refractivity contribution >= 4 is 0 Å². The summed E-state index contributed by atoms with van der Waals surface area (Å²) in [7, 11) is 0. The van der Waals surface area contributed by atoms with Crippen LogP contribution in [0.4, 0.5) is 17.6 Å². The molecule has 0 aliphatic rings. The second-order valence-corrected chi connectivity index (χ2v) is 5.24. The summed E-state index contributed by atoms with van der Waals surface area (Å²) in [6.45, 7) is 0. The minimum absolute atomic E-state index is 0.458. The summed E-state index contributed by atoms with van der Waals surface area (Å²) < 4.78 is 56.7. The van der Waals surface area contributed by atoms with E-state index in [2.05, 4.69) is 23.7 Å². The van der Waals surface area contributed by atoms with Crippen LogP contribution < -0.4 is 0 Å². The maximum Gasteiger partial charge on any atom is 0.178 e. The lowest BCUT2D eigenvalue weighted by atomic mass is 10.1. The van der Waals surface area contributed by atoms with E-state index in [9.17, 15) is 17.6 Å². The highest BCUT2D eigenvalue weighted by Gasteiger charge is 2.23. The fraction of sp³-hybridized carbons (Fsp3) is 0. The summed E-state index contributed by atoms with van der Waals surface area (Å²) >= 11 is 0. The van der Waals surface area contributed by atoms with Gasteiger partial charge in [0.2, 0.25) is 0 Å². The summed E-state index contributed by atoms with van der Waals surface area (Å²) in [5.41, 5.74) is -1.01. The van der Waals surface area contributed by atoms with E-state index < -0.39 is 34.4 Å². The maximum absolute atomic E-state index is 14.2. The Kier molecular flexibility index (Phi) is 5.06. The van der Waals surface area contributed by atoms with Crippen LogP contribution in [0.2, 0.25) is 0 Å². The van der Waals surface area contributed by atoms with Gasteiger partial charge in [0.1, 0.15) is 11.1 Å². The largest absolute Gasteiger partial charge is 0.202 e. The van der Waals surface area contributed by atoms with Crippen LogP contribution in [-0.4, -0.2) is 0 Å². The molecule has 0 spiro atoms. The standard InChI is InChI=1S/C22H10F4/c23-19-17(13-11-15-7-3-1-4-8-15)20(24)22(26)18(21(19)25)14-12-16-9-5-2-6-10-16/h1-10H. The van der Waals surface area contributed by atoms with E-state index in [1.807, 2.05) is 0 Å². The van der Waals surface area contributed by atoms with Gasteiger partial charge in [-0.1, -0.05) is 60.1 Å². The quantitative estimate of drug-likeness (QED) is 0.303. The molecule has 0 bridgehead atoms. The predicted octanol–water partition coefficient (Wildman–Crippen LogP) is 5.04. The molecule has 26 heavy (non-hydrogen) atoms. The topological polar surface area (TPSA) is 0 Å². The van der Waals surface area contributed by atoms with Crippen LogP contribution in [0.5, 0.6) is 0 Å². The summed E-state index contributed by atoms with van der Waals surface area (Å²) in [6, 6.07) is 16.6. The Bertz CT molecular complexity index is 946. The number of rotatable bonds is 0. The Labute approximate surface area is 148 Å². The van der Waals surface area contributed by atoms with E-state index in [1.165, 1.54) is 0 Å². The van der Waals surface area contributed by atoms with Gasteiger partial charge in [-0.05, 0) is 24.3 Å². The normalized spacial score (nSPS) is 9.69. The summed E-state index contributed by atoms with van der Waals surface area (Å²) in [6.07, 6.45) is 0. The monoisotopic (exact) mass is 350 g/mol. The predicted molar refractivity (Wildman–Crippen MR) is 91.1 cm³/mol. The Balaban J connectivity index is 2.06. The van der Waals surface area contributed by atoms with Gasteiger partial charge >= 0.3 is 0 Å². The van der Waals surface area contributed by atoms with Crippen LogP contribution in [0.1, 0.15) is 22.3 Å². The maximum atomic E-state index is 14.2. The lowest BCUT2D eigenvalue weighted by Crippen LogP contribution is -2.04. The molecule has 0 aromatic heterocycles. The molecule has 3 aromatic carbocycles. The molecule has 0 N–H and O–H groups in total. The highest BCUT2D eigenvalue weighted by atomic mass is 19.2. The van der Waals surface area contributed by atoms with Crippen LogP contribution in [0.15, 0.2) is 60.7 Å². The number of hydrogen-bond donors (Lipinski definition) is 0. The molecule has 3 aromatic rings. The molecular formula is C22H10F4. The molecule has 0 fully saturated rings. The minimum Gasteiger partial charge on any atom is -0.202 e. The van der Waals surface area contributed by atoms with Crippen molar-refractivity contribution in [3.63, 3.8) is 0 Å². The number of benzene rings is 3. The minimum atomic E-state index is -1.57. The molecule has 0 amide bonds. The number of halogens is 4. The van der Waals surface area contributed by atoms with E-state index in [-0.39, 0.29) is 0 Å². The van der Waals surface area contributed by atoms with Crippen LogP contribution in [0.25, 0.3) is 0 Å². The van der Waals surface area contributed by atoms with E-state index in [4.69, 9.17) is 0 Å². The first kappa shape index (κ1) is 17.3. The lowest BCUT2D eigenvalue weighted by Gasteiger charge is -2.04. The zero-order chi connectivity index (χ0) is 18.5. The molecule has 0 aliphatic heterocycles. The Morgan fingerprint density at radius 1 is 0.423 bits per heavy atom. The Hall–Kier alpha value is -3.50. The second-order valence-electron chi connectivity index (χ2n) is 5.24. The third-order valence-corrected chi connectivity index (χ3v) is 3.47. The van der Waals surface area contributed by atoms with Crippen molar-refractivity contribution in [2.45, 2.75) is 0 Å². The highest BCUT2D eigenvalue weighted by Crippen LogP contribution is 2.23. The fourth-order valence-corrected chi connectivity index (χ4v) is 2.16. The van der Waals surface area contributed by atoms with Crippen LogP contribution in [-0.2, 0) is 0 Å². The third kappa shape index (κ3) is 3.61. The first-order chi connectivity index (χ1) is 12.6. The number of hydrogen-bond acceptors (Lipinski definition) is 0. The summed E-state index contributed by atoms with van der Waals surface area (Å²) in [5.74, 6) is 2.99. The molecule has 4 heteroatoms. The van der Waals surface area contributed by atoms with Gasteiger partial charge in [0.05, 0.1) is 0 Å². The molecule has 3 rings (SSSR count). The highest BCUT2D eigenvalue weighted by molar-refractivity contribution is 5.50. The molecule has 0 nitrogen and oxygen atoms in total. The van der Waals surface area contributed by atoms with E-state index in [0.717, 1.165) is 0 Å². The molecule has 0 atom stereocenters. The van der Waals surface area contributed by atoms with Crippen LogP contribution in [0, 0.1) is 47.0 Å². The molecule has 0 saturated heterocycles. The molecule has 0 unspecified atom stereocenters. The fourth-order valence-electron chi connectivity index (χ4n) is 2.16. The summed E-state index contributed by atoms with van der Waals surface area (Å²) in [5, 5.41) is 0. The first-order valence-electron chi connectivity index (χ1n) is 7.58. The van der Waals surface area contributed by atoms with Gasteiger partial charge in [-0.15, -0.1) is 0 Å². The second kappa shape index (κ2) is 7.59. The van der Waals surface area contributed by atoms with Gasteiger partial charge in [0.25, 0.3) is 0 Å². The first-order valence-corrected chi connectivity index (χ1v) is 7.58. The molecule has 0 radical (unpaired) electrons. The van der Waals surface area contributed by atoms with Crippen LogP contribution in [0.3, 0.4) is 0 Å². The van der Waals surface area contributed by atoms with Crippen molar-refractivity contribution in [2.75, 3.05) is 0 Å². The van der Waals surface area contributed by atoms with Crippen molar-refractivity contribution in [1.82, 2.24) is 0 Å². The van der Waals surface area contributed by atoms with Gasteiger partial charge in [-0.25, -0.2) is 17.6 Å². The Morgan fingerprint density at radius 3 is 1.04 bits per heavy atom. The molecule has 126 valence electrons. The van der Waals surface area contributed by atoms with Gasteiger partial charge in [0, 0.05) is 11.1 Å². The summed E-state index contributed by atoms with van der Waals surface area (Å²) in [4.78, 5) is 0. The zero-order valence-corrected chi connectivity index (χ0v) is 13.3. The van der Waals surface area contributed by atoms with E-state index >= 15 is 0 Å². The van der Waals surface area contributed by atoms with Crippen molar-refractivity contribution in [3.8, 4) is 23.7 Å². The van der Waals surface area contributed by atoms with Crippen molar-refractivity contribution in [1.29, 1.82) is 0 Å². The van der Waals surface area contributed by atoms with E-state index in [1.54, 1.807) is 60.7 Å². The van der Waals surface area contributed by atoms with Gasteiger partial charge in [-0.2, -0.15) is 0 Å². The van der Waals surface area contributed by atoms with Crippen molar-refractivity contribution in [3.05, 3.63) is 106 Å². The van der Waals surface area contributed by atoms with E-state index in [0.29, 0.717) is 11.1 Å². The van der Waals surface area contributed by atoms with Crippen molar-refractivity contribution in [2.24, 2.45) is 0 Å². The average molecular weight is 350 g/mol. The van der Waals surface area contributed by atoms with Gasteiger partial charge in [0.15, 0.2) is 23.3 Å². The lowest BCUT2D eigenvalue weighted by molar-refractivity contribution is 0.447. The van der Waals surface area contributed by atoms with Crippen molar-refractivity contribution < 1.29 is 17.6 Å². The average Bonchev–Trinajstić information content (AvgIpc) is 2.68. The zero-order valence-electron chi connectivity index (χ0n) is 13.3. The smallest absolute Gasteiger partial charge is 0.178 e. The SMILES string of the molecule is Fc1c(F)c(C#Cc2ccccc2)c(F)c(F)c1C#Cc1ccccc1. The molecule has 0 saturated carbocycles. The third-order valence-electron chi connectivity index (χ3n) is 3.47. The Morgan fingerprint density at radius 2 is 0.731 bits per heavy atom. The molecule has 0 heterocycles. The molecular weight excluding hydrogens is 340 g/mol. The molecule has 0 aliphatic carbocycles.